The molecule has 19 heavy (non-hydrogen) atoms. The lowest BCUT2D eigenvalue weighted by Gasteiger charge is -2.32. The predicted molar refractivity (Wildman–Crippen MR) is 77.8 cm³/mol. The van der Waals surface area contributed by atoms with Crippen LogP contribution in [0.25, 0.3) is 0 Å². The molecule has 0 aliphatic carbocycles. The van der Waals surface area contributed by atoms with Crippen LogP contribution in [0.1, 0.15) is 31.7 Å². The number of piperidine rings is 1. The van der Waals surface area contributed by atoms with Crippen LogP contribution in [0.3, 0.4) is 0 Å². The third-order valence-corrected chi connectivity index (χ3v) is 6.11. The minimum atomic E-state index is -3.49. The van der Waals surface area contributed by atoms with Crippen molar-refractivity contribution in [2.24, 2.45) is 0 Å². The predicted octanol–water partition coefficient (Wildman–Crippen LogP) is 2.79. The van der Waals surface area contributed by atoms with Crippen LogP contribution >= 0.6 is 11.6 Å². The van der Waals surface area contributed by atoms with Crippen molar-refractivity contribution in [3.63, 3.8) is 0 Å². The number of anilines is 1. The van der Waals surface area contributed by atoms with Crippen LogP contribution < -0.4 is 5.73 Å². The molecule has 2 rings (SSSR count). The van der Waals surface area contributed by atoms with E-state index in [1.807, 2.05) is 6.92 Å². The normalized spacial score (nSPS) is 21.5. The highest BCUT2D eigenvalue weighted by molar-refractivity contribution is 7.89. The van der Waals surface area contributed by atoms with Crippen molar-refractivity contribution >= 4 is 27.3 Å². The van der Waals surface area contributed by atoms with Crippen molar-refractivity contribution in [3.05, 3.63) is 22.7 Å². The number of nitrogens with zero attached hydrogens (tertiary/aromatic N) is 1. The molecule has 1 aromatic rings. The van der Waals surface area contributed by atoms with E-state index in [-0.39, 0.29) is 10.9 Å². The number of nitrogens with two attached hydrogens (primary N) is 1. The standard InChI is InChI=1S/C13H19ClN2O2S/c1-9-7-11(14)12(15)8-13(9)19(17,18)16-6-4-3-5-10(16)2/h7-8,10H,3-6,15H2,1-2H3. The first-order chi connectivity index (χ1) is 8.84. The fourth-order valence-corrected chi connectivity index (χ4v) is 4.66. The lowest BCUT2D eigenvalue weighted by molar-refractivity contribution is 0.268. The van der Waals surface area contributed by atoms with Gasteiger partial charge >= 0.3 is 0 Å². The molecule has 1 saturated heterocycles. The smallest absolute Gasteiger partial charge is 0.243 e. The van der Waals surface area contributed by atoms with Crippen LogP contribution in [0.5, 0.6) is 0 Å². The molecule has 0 aromatic heterocycles. The molecule has 1 aliphatic heterocycles. The molecule has 4 nitrogen and oxygen atoms in total. The van der Waals surface area contributed by atoms with Gasteiger partial charge in [-0.2, -0.15) is 4.31 Å². The van der Waals surface area contributed by atoms with Crippen molar-refractivity contribution in [1.82, 2.24) is 4.31 Å². The van der Waals surface area contributed by atoms with Gasteiger partial charge in [0.15, 0.2) is 0 Å². The molecule has 1 heterocycles. The Labute approximate surface area is 119 Å². The molecule has 1 atom stereocenters. The fourth-order valence-electron chi connectivity index (χ4n) is 2.50. The molecule has 0 spiro atoms. The quantitative estimate of drug-likeness (QED) is 0.854. The van der Waals surface area contributed by atoms with E-state index in [9.17, 15) is 8.42 Å². The van der Waals surface area contributed by atoms with Crippen LogP contribution in [0.2, 0.25) is 5.02 Å². The lowest BCUT2D eigenvalue weighted by Crippen LogP contribution is -2.42. The number of halogens is 1. The third kappa shape index (κ3) is 2.73. The first-order valence-corrected chi connectivity index (χ1v) is 8.23. The summed E-state index contributed by atoms with van der Waals surface area (Å²) in [6.07, 6.45) is 2.89. The Balaban J connectivity index is 2.47. The maximum Gasteiger partial charge on any atom is 0.243 e. The molecule has 1 unspecified atom stereocenters. The van der Waals surface area contributed by atoms with Crippen LogP contribution in [-0.4, -0.2) is 25.3 Å². The van der Waals surface area contributed by atoms with Crippen LogP contribution in [0, 0.1) is 6.92 Å². The summed E-state index contributed by atoms with van der Waals surface area (Å²) in [5.74, 6) is 0. The molecule has 1 fully saturated rings. The monoisotopic (exact) mass is 302 g/mol. The van der Waals surface area contributed by atoms with E-state index in [0.29, 0.717) is 22.8 Å². The van der Waals surface area contributed by atoms with Crippen molar-refractivity contribution in [2.45, 2.75) is 44.0 Å². The number of aryl methyl sites for hydroxylation is 1. The second-order valence-corrected chi connectivity index (χ2v) is 7.37. The Morgan fingerprint density at radius 1 is 1.37 bits per heavy atom. The maximum absolute atomic E-state index is 12.7. The van der Waals surface area contributed by atoms with E-state index in [2.05, 4.69) is 0 Å². The van der Waals surface area contributed by atoms with E-state index in [0.717, 1.165) is 19.3 Å². The molecule has 0 bridgehead atoms. The van der Waals surface area contributed by atoms with Crippen LogP contribution in [-0.2, 0) is 10.0 Å². The summed E-state index contributed by atoms with van der Waals surface area (Å²) in [5, 5.41) is 0.392. The zero-order chi connectivity index (χ0) is 14.2. The highest BCUT2D eigenvalue weighted by atomic mass is 35.5. The number of hydrogen-bond acceptors (Lipinski definition) is 3. The molecular formula is C13H19ClN2O2S. The first-order valence-electron chi connectivity index (χ1n) is 6.41. The SMILES string of the molecule is Cc1cc(Cl)c(N)cc1S(=O)(=O)N1CCCCC1C. The molecule has 106 valence electrons. The zero-order valence-corrected chi connectivity index (χ0v) is 12.8. The van der Waals surface area contributed by atoms with Crippen molar-refractivity contribution in [1.29, 1.82) is 0 Å². The van der Waals surface area contributed by atoms with Gasteiger partial charge < -0.3 is 5.73 Å². The minimum absolute atomic E-state index is 0.0371. The molecule has 1 aliphatic rings. The fraction of sp³-hybridized carbons (Fsp3) is 0.538. The summed E-state index contributed by atoms with van der Waals surface area (Å²) in [4.78, 5) is 0.267. The first kappa shape index (κ1) is 14.6. The van der Waals surface area contributed by atoms with Gasteiger partial charge in [-0.25, -0.2) is 8.42 Å². The van der Waals surface area contributed by atoms with Crippen molar-refractivity contribution in [2.75, 3.05) is 12.3 Å². The number of benzene rings is 1. The molecule has 0 radical (unpaired) electrons. The summed E-state index contributed by atoms with van der Waals surface area (Å²) in [6, 6.07) is 3.11. The Morgan fingerprint density at radius 3 is 2.68 bits per heavy atom. The second-order valence-electron chi connectivity index (χ2n) is 5.10. The summed E-state index contributed by atoms with van der Waals surface area (Å²) < 4.78 is 27.0. The Kier molecular flexibility index (Phi) is 4.08. The Hall–Kier alpha value is -0.780. The van der Waals surface area contributed by atoms with Gasteiger partial charge in [-0.3, -0.25) is 0 Å². The summed E-state index contributed by atoms with van der Waals surface area (Å²) in [7, 11) is -3.49. The largest absolute Gasteiger partial charge is 0.397 e. The van der Waals surface area contributed by atoms with Gasteiger partial charge in [-0.1, -0.05) is 18.0 Å². The average molecular weight is 303 g/mol. The average Bonchev–Trinajstić information content (AvgIpc) is 2.34. The minimum Gasteiger partial charge on any atom is -0.397 e. The summed E-state index contributed by atoms with van der Waals surface area (Å²) in [6.45, 7) is 4.27. The Bertz CT molecular complexity index is 587. The van der Waals surface area contributed by atoms with Gasteiger partial charge in [0.2, 0.25) is 10.0 Å². The van der Waals surface area contributed by atoms with Gasteiger partial charge in [0.25, 0.3) is 0 Å². The van der Waals surface area contributed by atoms with Gasteiger partial charge in [0.1, 0.15) is 0 Å². The molecule has 1 aromatic carbocycles. The van der Waals surface area contributed by atoms with Gasteiger partial charge in [0.05, 0.1) is 15.6 Å². The molecule has 0 saturated carbocycles. The number of nitrogen functional groups attached to an aromatic ring is 1. The van der Waals surface area contributed by atoms with E-state index >= 15 is 0 Å². The van der Waals surface area contributed by atoms with Crippen LogP contribution in [0.4, 0.5) is 5.69 Å². The van der Waals surface area contributed by atoms with Crippen LogP contribution in [0.15, 0.2) is 17.0 Å². The second kappa shape index (κ2) is 5.31. The van der Waals surface area contributed by atoms with Gasteiger partial charge in [0, 0.05) is 12.6 Å². The Morgan fingerprint density at radius 2 is 2.05 bits per heavy atom. The molecule has 2 N–H and O–H groups in total. The highest BCUT2D eigenvalue weighted by Gasteiger charge is 2.32. The maximum atomic E-state index is 12.7. The number of sulfonamides is 1. The topological polar surface area (TPSA) is 63.4 Å². The molecule has 6 heteroatoms. The number of hydrogen-bond donors (Lipinski definition) is 1. The van der Waals surface area contributed by atoms with Crippen molar-refractivity contribution < 1.29 is 8.42 Å². The zero-order valence-electron chi connectivity index (χ0n) is 11.2. The van der Waals surface area contributed by atoms with E-state index in [4.69, 9.17) is 17.3 Å². The van der Waals surface area contributed by atoms with Gasteiger partial charge in [-0.15, -0.1) is 0 Å². The molecule has 0 amide bonds. The van der Waals surface area contributed by atoms with Crippen molar-refractivity contribution in [3.8, 4) is 0 Å². The number of rotatable bonds is 2. The summed E-state index contributed by atoms with van der Waals surface area (Å²) >= 11 is 5.92. The summed E-state index contributed by atoms with van der Waals surface area (Å²) in [5.41, 5.74) is 6.67. The van der Waals surface area contributed by atoms with Gasteiger partial charge in [-0.05, 0) is 44.4 Å². The van der Waals surface area contributed by atoms with E-state index < -0.39 is 10.0 Å². The van der Waals surface area contributed by atoms with E-state index in [1.165, 1.54) is 6.07 Å². The molecular weight excluding hydrogens is 284 g/mol. The third-order valence-electron chi connectivity index (χ3n) is 3.62. The highest BCUT2D eigenvalue weighted by Crippen LogP contribution is 2.31. The van der Waals surface area contributed by atoms with E-state index in [1.54, 1.807) is 17.3 Å². The lowest BCUT2D eigenvalue weighted by atomic mass is 10.1.